The summed E-state index contributed by atoms with van der Waals surface area (Å²) >= 11 is 0. The number of benzene rings is 2. The van der Waals surface area contributed by atoms with Gasteiger partial charge in [0.2, 0.25) is 5.91 Å². The van der Waals surface area contributed by atoms with E-state index in [0.717, 1.165) is 5.56 Å². The van der Waals surface area contributed by atoms with E-state index in [9.17, 15) is 9.59 Å². The predicted octanol–water partition coefficient (Wildman–Crippen LogP) is 2.80. The highest BCUT2D eigenvalue weighted by Gasteiger charge is 2.14. The topological polar surface area (TPSA) is 79.9 Å². The van der Waals surface area contributed by atoms with E-state index in [1.54, 1.807) is 38.4 Å². The molecule has 26 heavy (non-hydrogen) atoms. The Morgan fingerprint density at radius 1 is 1.04 bits per heavy atom. The summed E-state index contributed by atoms with van der Waals surface area (Å²) in [6, 6.07) is 12.1. The zero-order chi connectivity index (χ0) is 19.1. The largest absolute Gasteiger partial charge is 0.493 e. The van der Waals surface area contributed by atoms with Gasteiger partial charge in [0.25, 0.3) is 0 Å². The van der Waals surface area contributed by atoms with Crippen molar-refractivity contribution in [1.82, 2.24) is 5.32 Å². The van der Waals surface area contributed by atoms with Gasteiger partial charge < -0.3 is 25.0 Å². The number of hydrogen-bond donors (Lipinski definition) is 2. The van der Waals surface area contributed by atoms with Gasteiger partial charge in [-0.3, -0.25) is 4.79 Å². The molecule has 138 valence electrons. The highest BCUT2D eigenvalue weighted by atomic mass is 16.5. The lowest BCUT2D eigenvalue weighted by molar-refractivity contribution is -0.117. The Labute approximate surface area is 152 Å². The fourth-order valence-electron chi connectivity index (χ4n) is 2.35. The lowest BCUT2D eigenvalue weighted by Gasteiger charge is -2.19. The number of rotatable bonds is 6. The minimum atomic E-state index is -0.440. The maximum Gasteiger partial charge on any atom is 0.319 e. The molecule has 0 heterocycles. The zero-order valence-corrected chi connectivity index (χ0v) is 15.3. The number of aryl methyl sites for hydroxylation is 1. The van der Waals surface area contributed by atoms with Crippen LogP contribution in [0.3, 0.4) is 0 Å². The number of methoxy groups -OCH3 is 2. The van der Waals surface area contributed by atoms with E-state index in [0.29, 0.717) is 22.9 Å². The summed E-state index contributed by atoms with van der Waals surface area (Å²) in [4.78, 5) is 25.7. The third kappa shape index (κ3) is 4.89. The molecular weight excluding hydrogens is 334 g/mol. The number of carbonyl (C=O) groups is 2. The molecule has 2 aromatic carbocycles. The third-order valence-electron chi connectivity index (χ3n) is 3.80. The molecule has 2 N–H and O–H groups in total. The van der Waals surface area contributed by atoms with Crippen molar-refractivity contribution in [2.24, 2.45) is 0 Å². The number of urea groups is 1. The standard InChI is InChI=1S/C19H23N3O4/c1-13-6-5-7-14(10-13)21-19(24)20-12-18(23)22(2)15-8-9-16(25-3)17(11-15)26-4/h5-11H,12H2,1-4H3,(H2,20,21,24). The maximum absolute atomic E-state index is 12.3. The summed E-state index contributed by atoms with van der Waals surface area (Å²) in [6.45, 7) is 1.80. The second-order valence-corrected chi connectivity index (χ2v) is 5.67. The number of ether oxygens (including phenoxy) is 2. The van der Waals surface area contributed by atoms with Gasteiger partial charge in [0.05, 0.1) is 20.8 Å². The van der Waals surface area contributed by atoms with Gasteiger partial charge in [0.15, 0.2) is 11.5 Å². The molecule has 7 heteroatoms. The van der Waals surface area contributed by atoms with Gasteiger partial charge in [0, 0.05) is 24.5 Å². The fraction of sp³-hybridized carbons (Fsp3) is 0.263. The van der Waals surface area contributed by atoms with E-state index in [4.69, 9.17) is 9.47 Å². The SMILES string of the molecule is COc1ccc(N(C)C(=O)CNC(=O)Nc2cccc(C)c2)cc1OC. The lowest BCUT2D eigenvalue weighted by Crippen LogP contribution is -2.39. The molecule has 0 radical (unpaired) electrons. The Morgan fingerprint density at radius 3 is 2.42 bits per heavy atom. The van der Waals surface area contributed by atoms with Crippen LogP contribution in [0.5, 0.6) is 11.5 Å². The van der Waals surface area contributed by atoms with Crippen LogP contribution in [0.4, 0.5) is 16.2 Å². The van der Waals surface area contributed by atoms with Crippen molar-refractivity contribution in [2.45, 2.75) is 6.92 Å². The van der Waals surface area contributed by atoms with Crippen LogP contribution in [-0.4, -0.2) is 39.8 Å². The molecule has 0 spiro atoms. The zero-order valence-electron chi connectivity index (χ0n) is 15.3. The molecule has 3 amide bonds. The number of nitrogens with zero attached hydrogens (tertiary/aromatic N) is 1. The smallest absolute Gasteiger partial charge is 0.319 e. The van der Waals surface area contributed by atoms with Crippen molar-refractivity contribution in [3.8, 4) is 11.5 Å². The van der Waals surface area contributed by atoms with E-state index in [1.807, 2.05) is 25.1 Å². The molecule has 0 aliphatic carbocycles. The van der Waals surface area contributed by atoms with Crippen LogP contribution in [0.1, 0.15) is 5.56 Å². The molecule has 0 atom stereocenters. The van der Waals surface area contributed by atoms with Crippen LogP contribution in [0, 0.1) is 6.92 Å². The molecule has 0 saturated heterocycles. The van der Waals surface area contributed by atoms with E-state index in [-0.39, 0.29) is 12.5 Å². The lowest BCUT2D eigenvalue weighted by atomic mass is 10.2. The number of anilines is 2. The van der Waals surface area contributed by atoms with Crippen LogP contribution in [0.25, 0.3) is 0 Å². The van der Waals surface area contributed by atoms with Crippen LogP contribution >= 0.6 is 0 Å². The van der Waals surface area contributed by atoms with Gasteiger partial charge in [-0.15, -0.1) is 0 Å². The normalized spacial score (nSPS) is 10.0. The first-order valence-electron chi connectivity index (χ1n) is 8.04. The second-order valence-electron chi connectivity index (χ2n) is 5.67. The first-order valence-corrected chi connectivity index (χ1v) is 8.04. The highest BCUT2D eigenvalue weighted by molar-refractivity contribution is 5.98. The van der Waals surface area contributed by atoms with Gasteiger partial charge >= 0.3 is 6.03 Å². The average molecular weight is 357 g/mol. The van der Waals surface area contributed by atoms with Crippen molar-refractivity contribution >= 4 is 23.3 Å². The molecule has 0 unspecified atom stereocenters. The van der Waals surface area contributed by atoms with Gasteiger partial charge in [-0.25, -0.2) is 4.79 Å². The first kappa shape index (κ1) is 19.1. The minimum absolute atomic E-state index is 0.136. The van der Waals surface area contributed by atoms with E-state index in [1.165, 1.54) is 12.0 Å². The summed E-state index contributed by atoms with van der Waals surface area (Å²) in [5.41, 5.74) is 2.34. The van der Waals surface area contributed by atoms with Crippen LogP contribution in [0.15, 0.2) is 42.5 Å². The Bertz CT molecular complexity index is 792. The molecule has 0 fully saturated rings. The second kappa shape index (κ2) is 8.75. The number of hydrogen-bond acceptors (Lipinski definition) is 4. The maximum atomic E-state index is 12.3. The van der Waals surface area contributed by atoms with Crippen molar-refractivity contribution in [1.29, 1.82) is 0 Å². The molecule has 0 aromatic heterocycles. The minimum Gasteiger partial charge on any atom is -0.493 e. The van der Waals surface area contributed by atoms with Crippen molar-refractivity contribution in [2.75, 3.05) is 38.0 Å². The predicted molar refractivity (Wildman–Crippen MR) is 101 cm³/mol. The van der Waals surface area contributed by atoms with E-state index in [2.05, 4.69) is 10.6 Å². The number of nitrogens with one attached hydrogen (secondary N) is 2. The molecule has 0 aliphatic rings. The third-order valence-corrected chi connectivity index (χ3v) is 3.80. The monoisotopic (exact) mass is 357 g/mol. The Morgan fingerprint density at radius 2 is 1.77 bits per heavy atom. The van der Waals surface area contributed by atoms with E-state index >= 15 is 0 Å². The molecular formula is C19H23N3O4. The quantitative estimate of drug-likeness (QED) is 0.833. The number of carbonyl (C=O) groups excluding carboxylic acids is 2. The molecule has 0 bridgehead atoms. The van der Waals surface area contributed by atoms with Gasteiger partial charge in [-0.05, 0) is 36.8 Å². The first-order chi connectivity index (χ1) is 12.4. The Kier molecular flexibility index (Phi) is 6.43. The molecule has 0 saturated carbocycles. The summed E-state index contributed by atoms with van der Waals surface area (Å²) in [5, 5.41) is 5.25. The molecule has 7 nitrogen and oxygen atoms in total. The summed E-state index contributed by atoms with van der Waals surface area (Å²) in [6.07, 6.45) is 0. The van der Waals surface area contributed by atoms with E-state index < -0.39 is 6.03 Å². The van der Waals surface area contributed by atoms with Crippen molar-refractivity contribution in [3.63, 3.8) is 0 Å². The fourth-order valence-corrected chi connectivity index (χ4v) is 2.35. The molecule has 2 aromatic rings. The summed E-state index contributed by atoms with van der Waals surface area (Å²) < 4.78 is 10.4. The number of amides is 3. The van der Waals surface area contributed by atoms with Gasteiger partial charge in [0.1, 0.15) is 0 Å². The molecule has 0 aliphatic heterocycles. The van der Waals surface area contributed by atoms with Crippen LogP contribution in [0.2, 0.25) is 0 Å². The van der Waals surface area contributed by atoms with Crippen molar-refractivity contribution < 1.29 is 19.1 Å². The van der Waals surface area contributed by atoms with Crippen molar-refractivity contribution in [3.05, 3.63) is 48.0 Å². The number of likely N-dealkylation sites (N-methyl/N-ethyl adjacent to an activating group) is 1. The average Bonchev–Trinajstić information content (AvgIpc) is 2.64. The van der Waals surface area contributed by atoms with Crippen LogP contribution in [-0.2, 0) is 4.79 Å². The molecule has 2 rings (SSSR count). The summed E-state index contributed by atoms with van der Waals surface area (Å²) in [7, 11) is 4.70. The van der Waals surface area contributed by atoms with Crippen LogP contribution < -0.4 is 25.0 Å². The highest BCUT2D eigenvalue weighted by Crippen LogP contribution is 2.31. The Hall–Kier alpha value is -3.22. The summed E-state index contributed by atoms with van der Waals surface area (Å²) in [5.74, 6) is 0.833. The van der Waals surface area contributed by atoms with Gasteiger partial charge in [-0.2, -0.15) is 0 Å². The Balaban J connectivity index is 1.93. The van der Waals surface area contributed by atoms with Gasteiger partial charge in [-0.1, -0.05) is 12.1 Å².